The van der Waals surface area contributed by atoms with Crippen molar-refractivity contribution in [3.63, 3.8) is 0 Å². The van der Waals surface area contributed by atoms with Gasteiger partial charge in [0.15, 0.2) is 6.04 Å². The Bertz CT molecular complexity index is 505. The van der Waals surface area contributed by atoms with Gasteiger partial charge in [0.05, 0.1) is 6.54 Å². The van der Waals surface area contributed by atoms with E-state index in [1.54, 1.807) is 4.90 Å². The third-order valence-corrected chi connectivity index (χ3v) is 4.55. The van der Waals surface area contributed by atoms with Crippen LogP contribution in [0.15, 0.2) is 36.4 Å². The molecular weight excluding hydrogens is 286 g/mol. The second-order valence-electron chi connectivity index (χ2n) is 6.81. The number of benzene rings is 1. The summed E-state index contributed by atoms with van der Waals surface area (Å²) >= 11 is 0. The van der Waals surface area contributed by atoms with E-state index >= 15 is 0 Å². The molecule has 126 valence electrons. The van der Waals surface area contributed by atoms with Crippen molar-refractivity contribution < 1.29 is 14.6 Å². The van der Waals surface area contributed by atoms with Crippen molar-refractivity contribution >= 4 is 12.0 Å². The molecule has 1 aromatic carbocycles. The van der Waals surface area contributed by atoms with Gasteiger partial charge in [-0.05, 0) is 32.4 Å². The van der Waals surface area contributed by atoms with Crippen LogP contribution in [-0.2, 0) is 4.79 Å². The van der Waals surface area contributed by atoms with Crippen LogP contribution in [0, 0.1) is 0 Å². The fourth-order valence-electron chi connectivity index (χ4n) is 3.08. The zero-order chi connectivity index (χ0) is 16.7. The highest BCUT2D eigenvalue weighted by atomic mass is 16.2. The quantitative estimate of drug-likeness (QED) is 0.644. The molecule has 4 heteroatoms. The van der Waals surface area contributed by atoms with E-state index in [1.165, 1.54) is 10.5 Å². The lowest BCUT2D eigenvalue weighted by molar-refractivity contribution is -1.02. The molecule has 1 atom stereocenters. The minimum absolute atomic E-state index is 0.0545. The third-order valence-electron chi connectivity index (χ3n) is 4.55. The van der Waals surface area contributed by atoms with Crippen LogP contribution in [0.25, 0.3) is 6.08 Å². The Balaban J connectivity index is 1.73. The standard InChI is InChI=1S/C19H29N3O/c1-16(2)20-19(23)17(3)22-14-12-21(13-15-22)11-7-10-18-8-5-4-6-9-18/h4-10,16-17H,11-15H2,1-3H3,(H,20,23)/p+2/b10-7+/t17-/m0/s1. The number of amides is 1. The average molecular weight is 317 g/mol. The smallest absolute Gasteiger partial charge is 0.278 e. The number of piperazine rings is 1. The van der Waals surface area contributed by atoms with Gasteiger partial charge in [-0.3, -0.25) is 4.79 Å². The van der Waals surface area contributed by atoms with Gasteiger partial charge in [-0.15, -0.1) is 0 Å². The second kappa shape index (κ2) is 8.85. The summed E-state index contributed by atoms with van der Waals surface area (Å²) in [5.41, 5.74) is 1.26. The molecule has 1 heterocycles. The molecular formula is C19H31N3O+2. The zero-order valence-electron chi connectivity index (χ0n) is 14.6. The van der Waals surface area contributed by atoms with E-state index in [2.05, 4.69) is 41.7 Å². The Morgan fingerprint density at radius 1 is 1.13 bits per heavy atom. The average Bonchev–Trinajstić information content (AvgIpc) is 2.55. The van der Waals surface area contributed by atoms with E-state index in [-0.39, 0.29) is 18.0 Å². The van der Waals surface area contributed by atoms with Gasteiger partial charge in [-0.25, -0.2) is 0 Å². The van der Waals surface area contributed by atoms with Crippen molar-refractivity contribution in [3.05, 3.63) is 42.0 Å². The fourth-order valence-corrected chi connectivity index (χ4v) is 3.08. The monoisotopic (exact) mass is 317 g/mol. The summed E-state index contributed by atoms with van der Waals surface area (Å²) < 4.78 is 0. The summed E-state index contributed by atoms with van der Waals surface area (Å²) in [5, 5.41) is 3.03. The predicted octanol–water partition coefficient (Wildman–Crippen LogP) is -0.604. The minimum Gasteiger partial charge on any atom is -0.349 e. The van der Waals surface area contributed by atoms with E-state index in [0.29, 0.717) is 0 Å². The normalized spacial score (nSPS) is 23.1. The summed E-state index contributed by atoms with van der Waals surface area (Å²) in [4.78, 5) is 15.1. The van der Waals surface area contributed by atoms with Crippen molar-refractivity contribution in [2.75, 3.05) is 32.7 Å². The number of hydrogen-bond donors (Lipinski definition) is 3. The number of rotatable bonds is 6. The highest BCUT2D eigenvalue weighted by Gasteiger charge is 2.30. The summed E-state index contributed by atoms with van der Waals surface area (Å²) in [5.74, 6) is 0.183. The lowest BCUT2D eigenvalue weighted by atomic mass is 10.2. The first-order valence-electron chi connectivity index (χ1n) is 8.76. The summed E-state index contributed by atoms with van der Waals surface area (Å²) in [6, 6.07) is 10.7. The maximum absolute atomic E-state index is 12.1. The molecule has 2 rings (SSSR count). The molecule has 1 aliphatic heterocycles. The predicted molar refractivity (Wildman–Crippen MR) is 94.5 cm³/mol. The number of quaternary nitrogens is 2. The van der Waals surface area contributed by atoms with Crippen molar-refractivity contribution in [2.45, 2.75) is 32.9 Å². The molecule has 0 radical (unpaired) electrons. The molecule has 23 heavy (non-hydrogen) atoms. The van der Waals surface area contributed by atoms with E-state index in [9.17, 15) is 4.79 Å². The highest BCUT2D eigenvalue weighted by molar-refractivity contribution is 5.80. The lowest BCUT2D eigenvalue weighted by Crippen LogP contribution is -3.30. The van der Waals surface area contributed by atoms with Gasteiger partial charge in [0.2, 0.25) is 0 Å². The molecule has 3 N–H and O–H groups in total. The molecule has 1 aromatic rings. The number of carbonyl (C=O) groups excluding carboxylic acids is 1. The van der Waals surface area contributed by atoms with Gasteiger partial charge in [0.1, 0.15) is 26.2 Å². The Labute approximate surface area is 140 Å². The molecule has 0 aromatic heterocycles. The maximum Gasteiger partial charge on any atom is 0.278 e. The molecule has 0 aliphatic carbocycles. The molecule has 1 fully saturated rings. The first-order valence-corrected chi connectivity index (χ1v) is 8.76. The van der Waals surface area contributed by atoms with Crippen LogP contribution in [0.4, 0.5) is 0 Å². The molecule has 0 unspecified atom stereocenters. The first kappa shape index (κ1) is 17.7. The van der Waals surface area contributed by atoms with Crippen LogP contribution in [0.5, 0.6) is 0 Å². The van der Waals surface area contributed by atoms with Crippen LogP contribution in [0.1, 0.15) is 26.3 Å². The van der Waals surface area contributed by atoms with Crippen LogP contribution < -0.4 is 15.1 Å². The van der Waals surface area contributed by atoms with Crippen molar-refractivity contribution in [1.82, 2.24) is 5.32 Å². The Morgan fingerprint density at radius 3 is 2.39 bits per heavy atom. The Morgan fingerprint density at radius 2 is 1.78 bits per heavy atom. The van der Waals surface area contributed by atoms with E-state index in [4.69, 9.17) is 0 Å². The van der Waals surface area contributed by atoms with Gasteiger partial charge in [-0.1, -0.05) is 36.4 Å². The van der Waals surface area contributed by atoms with Gasteiger partial charge in [0, 0.05) is 6.04 Å². The molecule has 0 bridgehead atoms. The van der Waals surface area contributed by atoms with Gasteiger partial charge >= 0.3 is 0 Å². The number of carbonyl (C=O) groups is 1. The fraction of sp³-hybridized carbons (Fsp3) is 0.526. The number of nitrogens with one attached hydrogen (secondary N) is 3. The van der Waals surface area contributed by atoms with Crippen molar-refractivity contribution in [1.29, 1.82) is 0 Å². The molecule has 0 saturated carbocycles. The highest BCUT2D eigenvalue weighted by Crippen LogP contribution is 1.99. The Hall–Kier alpha value is -1.65. The van der Waals surface area contributed by atoms with Crippen LogP contribution in [-0.4, -0.2) is 50.7 Å². The van der Waals surface area contributed by atoms with Gasteiger partial charge < -0.3 is 15.1 Å². The Kier molecular flexibility index (Phi) is 6.81. The van der Waals surface area contributed by atoms with Crippen LogP contribution in [0.3, 0.4) is 0 Å². The molecule has 1 amide bonds. The minimum atomic E-state index is 0.0545. The van der Waals surface area contributed by atoms with Crippen LogP contribution >= 0.6 is 0 Å². The van der Waals surface area contributed by atoms with E-state index in [0.717, 1.165) is 32.7 Å². The topological polar surface area (TPSA) is 38.0 Å². The molecule has 1 saturated heterocycles. The van der Waals surface area contributed by atoms with E-state index in [1.807, 2.05) is 26.8 Å². The largest absolute Gasteiger partial charge is 0.349 e. The van der Waals surface area contributed by atoms with E-state index < -0.39 is 0 Å². The van der Waals surface area contributed by atoms with Crippen LogP contribution in [0.2, 0.25) is 0 Å². The summed E-state index contributed by atoms with van der Waals surface area (Å²) in [7, 11) is 0. The molecule has 1 aliphatic rings. The summed E-state index contributed by atoms with van der Waals surface area (Å²) in [6.07, 6.45) is 4.47. The van der Waals surface area contributed by atoms with Crippen molar-refractivity contribution in [2.24, 2.45) is 0 Å². The lowest BCUT2D eigenvalue weighted by Gasteiger charge is -2.32. The first-order chi connectivity index (χ1) is 11.1. The number of hydrogen-bond acceptors (Lipinski definition) is 1. The zero-order valence-corrected chi connectivity index (χ0v) is 14.6. The molecule has 0 spiro atoms. The third kappa shape index (κ3) is 5.81. The molecule has 4 nitrogen and oxygen atoms in total. The second-order valence-corrected chi connectivity index (χ2v) is 6.81. The SMILES string of the molecule is CC(C)NC(=O)[C@H](C)[NH+]1CC[NH+](C/C=C/c2ccccc2)CC1. The summed E-state index contributed by atoms with van der Waals surface area (Å²) in [6.45, 7) is 11.5. The maximum atomic E-state index is 12.1. The van der Waals surface area contributed by atoms with Gasteiger partial charge in [-0.2, -0.15) is 0 Å². The van der Waals surface area contributed by atoms with Gasteiger partial charge in [0.25, 0.3) is 5.91 Å². The van der Waals surface area contributed by atoms with Crippen molar-refractivity contribution in [3.8, 4) is 0 Å².